The molecule has 16 heavy (non-hydrogen) atoms. The first-order chi connectivity index (χ1) is 7.68. The Labute approximate surface area is 103 Å². The lowest BCUT2D eigenvalue weighted by atomic mass is 10.1. The lowest BCUT2D eigenvalue weighted by Crippen LogP contribution is -2.10. The van der Waals surface area contributed by atoms with Gasteiger partial charge in [-0.3, -0.25) is 4.79 Å². The Hall–Kier alpha value is -1.32. The van der Waals surface area contributed by atoms with Crippen LogP contribution in [0.5, 0.6) is 0 Å². The van der Waals surface area contributed by atoms with E-state index in [1.54, 1.807) is 41.5 Å². The van der Waals surface area contributed by atoms with Crippen LogP contribution in [0.4, 0.5) is 0 Å². The first-order valence-electron chi connectivity index (χ1n) is 4.61. The molecule has 2 aromatic rings. The number of rotatable bonds is 3. The Balaban J connectivity index is 2.28. The van der Waals surface area contributed by atoms with Gasteiger partial charge in [-0.15, -0.1) is 0 Å². The molecular formula is C11H8Cl2N2O. The smallest absolute Gasteiger partial charge is 0.185 e. The van der Waals surface area contributed by atoms with E-state index in [9.17, 15) is 4.79 Å². The minimum atomic E-state index is -0.131. The van der Waals surface area contributed by atoms with Crippen molar-refractivity contribution in [2.45, 2.75) is 6.54 Å². The van der Waals surface area contributed by atoms with Crippen molar-refractivity contribution in [1.82, 2.24) is 9.55 Å². The van der Waals surface area contributed by atoms with Crippen molar-refractivity contribution >= 4 is 29.0 Å². The third-order valence-electron chi connectivity index (χ3n) is 2.13. The minimum absolute atomic E-state index is 0.131. The SMILES string of the molecule is O=C(Cn1ccnc1)c1c(Cl)cccc1Cl. The third-order valence-corrected chi connectivity index (χ3v) is 2.76. The predicted octanol–water partition coefficient (Wildman–Crippen LogP) is 3.07. The van der Waals surface area contributed by atoms with Crippen molar-refractivity contribution in [3.8, 4) is 0 Å². The molecular weight excluding hydrogens is 247 g/mol. The van der Waals surface area contributed by atoms with E-state index in [1.165, 1.54) is 0 Å². The molecule has 0 spiro atoms. The lowest BCUT2D eigenvalue weighted by Gasteiger charge is -2.06. The van der Waals surface area contributed by atoms with Gasteiger partial charge >= 0.3 is 0 Å². The molecule has 0 aliphatic rings. The van der Waals surface area contributed by atoms with Crippen LogP contribution in [0.2, 0.25) is 10.0 Å². The summed E-state index contributed by atoms with van der Waals surface area (Å²) in [5.41, 5.74) is 0.361. The van der Waals surface area contributed by atoms with Crippen LogP contribution in [0.1, 0.15) is 10.4 Å². The van der Waals surface area contributed by atoms with Gasteiger partial charge in [-0.25, -0.2) is 4.98 Å². The normalized spacial score (nSPS) is 10.4. The fourth-order valence-electron chi connectivity index (χ4n) is 1.39. The molecule has 1 aromatic heterocycles. The van der Waals surface area contributed by atoms with E-state index < -0.39 is 0 Å². The highest BCUT2D eigenvalue weighted by Crippen LogP contribution is 2.24. The van der Waals surface area contributed by atoms with Crippen LogP contribution in [0.3, 0.4) is 0 Å². The van der Waals surface area contributed by atoms with Crippen LogP contribution < -0.4 is 0 Å². The lowest BCUT2D eigenvalue weighted by molar-refractivity contribution is 0.0972. The molecule has 0 N–H and O–H groups in total. The largest absolute Gasteiger partial charge is 0.330 e. The highest BCUT2D eigenvalue weighted by atomic mass is 35.5. The fourth-order valence-corrected chi connectivity index (χ4v) is 2.00. The Morgan fingerprint density at radius 2 is 2.00 bits per heavy atom. The molecule has 0 atom stereocenters. The summed E-state index contributed by atoms with van der Waals surface area (Å²) in [5, 5.41) is 0.746. The summed E-state index contributed by atoms with van der Waals surface area (Å²) >= 11 is 11.9. The van der Waals surface area contributed by atoms with Crippen molar-refractivity contribution < 1.29 is 4.79 Å². The van der Waals surface area contributed by atoms with Crippen molar-refractivity contribution in [2.24, 2.45) is 0 Å². The summed E-state index contributed by atoms with van der Waals surface area (Å²) < 4.78 is 1.67. The van der Waals surface area contributed by atoms with Gasteiger partial charge in [0, 0.05) is 12.4 Å². The Morgan fingerprint density at radius 1 is 1.31 bits per heavy atom. The number of hydrogen-bond acceptors (Lipinski definition) is 2. The number of nitrogens with zero attached hydrogens (tertiary/aromatic N) is 2. The van der Waals surface area contributed by atoms with Crippen LogP contribution in [0.15, 0.2) is 36.9 Å². The van der Waals surface area contributed by atoms with Gasteiger partial charge in [-0.05, 0) is 12.1 Å². The van der Waals surface area contributed by atoms with Gasteiger partial charge in [0.05, 0.1) is 28.5 Å². The zero-order valence-corrected chi connectivity index (χ0v) is 9.74. The topological polar surface area (TPSA) is 34.9 Å². The molecule has 0 aliphatic heterocycles. The number of halogens is 2. The molecule has 0 saturated heterocycles. The number of Topliss-reactive ketones (excluding diaryl/α,β-unsaturated/α-hetero) is 1. The third kappa shape index (κ3) is 2.26. The molecule has 0 unspecified atom stereocenters. The number of carbonyl (C=O) groups excluding carboxylic acids is 1. The van der Waals surface area contributed by atoms with Gasteiger partial charge in [0.2, 0.25) is 0 Å². The van der Waals surface area contributed by atoms with Crippen molar-refractivity contribution in [1.29, 1.82) is 0 Å². The summed E-state index contributed by atoms with van der Waals surface area (Å²) in [6.45, 7) is 0.184. The predicted molar refractivity (Wildman–Crippen MR) is 63.0 cm³/mol. The number of carbonyl (C=O) groups is 1. The maximum atomic E-state index is 11.9. The van der Waals surface area contributed by atoms with Gasteiger partial charge in [0.25, 0.3) is 0 Å². The maximum Gasteiger partial charge on any atom is 0.185 e. The van der Waals surface area contributed by atoms with Gasteiger partial charge in [-0.1, -0.05) is 29.3 Å². The molecule has 0 amide bonds. The number of hydrogen-bond donors (Lipinski definition) is 0. The van der Waals surface area contributed by atoms with Crippen LogP contribution in [-0.2, 0) is 6.54 Å². The second-order valence-corrected chi connectivity index (χ2v) is 4.07. The van der Waals surface area contributed by atoms with Crippen molar-refractivity contribution in [3.05, 3.63) is 52.5 Å². The molecule has 0 radical (unpaired) electrons. The van der Waals surface area contributed by atoms with Crippen molar-refractivity contribution in [2.75, 3.05) is 0 Å². The van der Waals surface area contributed by atoms with Gasteiger partial charge < -0.3 is 4.57 Å². The summed E-state index contributed by atoms with van der Waals surface area (Å²) in [6.07, 6.45) is 4.90. The summed E-state index contributed by atoms with van der Waals surface area (Å²) in [5.74, 6) is -0.131. The van der Waals surface area contributed by atoms with E-state index in [0.717, 1.165) is 0 Å². The molecule has 3 nitrogen and oxygen atoms in total. The highest BCUT2D eigenvalue weighted by molar-refractivity contribution is 6.39. The number of imidazole rings is 1. The molecule has 1 heterocycles. The van der Waals surface area contributed by atoms with Crippen LogP contribution in [0, 0.1) is 0 Å². The summed E-state index contributed by atoms with van der Waals surface area (Å²) in [7, 11) is 0. The Kier molecular flexibility index (Phi) is 3.27. The van der Waals surface area contributed by atoms with E-state index >= 15 is 0 Å². The van der Waals surface area contributed by atoms with Crippen molar-refractivity contribution in [3.63, 3.8) is 0 Å². The Bertz CT molecular complexity index is 488. The molecule has 0 saturated carbocycles. The standard InChI is InChI=1S/C11H8Cl2N2O/c12-8-2-1-3-9(13)11(8)10(16)6-15-5-4-14-7-15/h1-5,7H,6H2. The van der Waals surface area contributed by atoms with Gasteiger partial charge in [-0.2, -0.15) is 0 Å². The first-order valence-corrected chi connectivity index (χ1v) is 5.37. The average Bonchev–Trinajstić information content (AvgIpc) is 2.70. The molecule has 0 bridgehead atoms. The number of aromatic nitrogens is 2. The Morgan fingerprint density at radius 3 is 2.56 bits per heavy atom. The van der Waals surface area contributed by atoms with Crippen LogP contribution >= 0.6 is 23.2 Å². The molecule has 0 aliphatic carbocycles. The second kappa shape index (κ2) is 4.68. The molecule has 0 fully saturated rings. The van der Waals surface area contributed by atoms with Gasteiger partial charge in [0.1, 0.15) is 0 Å². The van der Waals surface area contributed by atoms with E-state index in [-0.39, 0.29) is 12.3 Å². The highest BCUT2D eigenvalue weighted by Gasteiger charge is 2.14. The number of benzene rings is 1. The van der Waals surface area contributed by atoms with Crippen LogP contribution in [0.25, 0.3) is 0 Å². The second-order valence-electron chi connectivity index (χ2n) is 3.25. The summed E-state index contributed by atoms with van der Waals surface area (Å²) in [6, 6.07) is 5.00. The molecule has 5 heteroatoms. The maximum absolute atomic E-state index is 11.9. The average molecular weight is 255 g/mol. The first kappa shape index (κ1) is 11.2. The molecule has 82 valence electrons. The zero-order valence-electron chi connectivity index (χ0n) is 8.23. The van der Waals surface area contributed by atoms with E-state index in [1.807, 2.05) is 0 Å². The molecule has 1 aromatic carbocycles. The molecule has 2 rings (SSSR count). The quantitative estimate of drug-likeness (QED) is 0.790. The zero-order chi connectivity index (χ0) is 11.5. The van der Waals surface area contributed by atoms with E-state index in [2.05, 4.69) is 4.98 Å². The minimum Gasteiger partial charge on any atom is -0.330 e. The fraction of sp³-hybridized carbons (Fsp3) is 0.0909. The van der Waals surface area contributed by atoms with Gasteiger partial charge in [0.15, 0.2) is 5.78 Å². The monoisotopic (exact) mass is 254 g/mol. The van der Waals surface area contributed by atoms with E-state index in [0.29, 0.717) is 15.6 Å². The number of ketones is 1. The van der Waals surface area contributed by atoms with Crippen LogP contribution in [-0.4, -0.2) is 15.3 Å². The van der Waals surface area contributed by atoms with E-state index in [4.69, 9.17) is 23.2 Å². The summed E-state index contributed by atoms with van der Waals surface area (Å²) in [4.78, 5) is 15.8.